The minimum Gasteiger partial charge on any atom is -0.369 e. The predicted molar refractivity (Wildman–Crippen MR) is 129 cm³/mol. The number of anilines is 1. The Morgan fingerprint density at radius 1 is 1.17 bits per heavy atom. The summed E-state index contributed by atoms with van der Waals surface area (Å²) in [7, 11) is 2.05. The number of rotatable bonds is 4. The summed E-state index contributed by atoms with van der Waals surface area (Å²) in [5.41, 5.74) is 0.686. The quantitative estimate of drug-likeness (QED) is 0.582. The highest BCUT2D eigenvalue weighted by atomic mass is 19.3. The molecule has 0 saturated carbocycles. The van der Waals surface area contributed by atoms with Gasteiger partial charge in [0.2, 0.25) is 0 Å². The third kappa shape index (κ3) is 4.01. The zero-order valence-electron chi connectivity index (χ0n) is 20.5. The third-order valence-corrected chi connectivity index (χ3v) is 7.34. The minimum absolute atomic E-state index is 0.0803. The zero-order chi connectivity index (χ0) is 25.6. The number of hydrogen-bond acceptors (Lipinski definition) is 6. The Morgan fingerprint density at radius 2 is 1.89 bits per heavy atom. The molecule has 1 aromatic rings. The number of aromatic nitrogens is 3. The van der Waals surface area contributed by atoms with Crippen molar-refractivity contribution in [3.63, 3.8) is 0 Å². The number of aryl methyl sites for hydroxylation is 1. The van der Waals surface area contributed by atoms with Gasteiger partial charge in [-0.15, -0.1) is 0 Å². The van der Waals surface area contributed by atoms with Crippen LogP contribution in [0.2, 0.25) is 0 Å². The smallest absolute Gasteiger partial charge is 0.266 e. The van der Waals surface area contributed by atoms with Crippen LogP contribution < -0.4 is 10.8 Å². The van der Waals surface area contributed by atoms with E-state index in [1.54, 1.807) is 13.8 Å². The monoisotopic (exact) mass is 495 g/mol. The Bertz CT molecular complexity index is 1380. The summed E-state index contributed by atoms with van der Waals surface area (Å²) in [6.45, 7) is 6.43. The Morgan fingerprint density at radius 3 is 2.58 bits per heavy atom. The molecule has 4 aliphatic heterocycles. The lowest BCUT2D eigenvalue weighted by atomic mass is 9.73. The van der Waals surface area contributed by atoms with Crippen LogP contribution in [0.4, 0.5) is 19.0 Å². The molecule has 1 N–H and O–H groups in total. The van der Waals surface area contributed by atoms with Crippen molar-refractivity contribution in [1.29, 1.82) is 5.26 Å². The van der Waals surface area contributed by atoms with Gasteiger partial charge in [-0.3, -0.25) is 4.99 Å². The molecule has 1 unspecified atom stereocenters. The van der Waals surface area contributed by atoms with Gasteiger partial charge in [0.25, 0.3) is 6.43 Å². The number of nitriles is 1. The summed E-state index contributed by atoms with van der Waals surface area (Å²) >= 11 is 0. The van der Waals surface area contributed by atoms with Crippen LogP contribution in [0.5, 0.6) is 0 Å². The van der Waals surface area contributed by atoms with Crippen molar-refractivity contribution in [1.82, 2.24) is 19.4 Å². The van der Waals surface area contributed by atoms with Gasteiger partial charge in [0.15, 0.2) is 5.49 Å². The van der Waals surface area contributed by atoms with E-state index in [0.717, 1.165) is 30.5 Å². The van der Waals surface area contributed by atoms with Gasteiger partial charge in [-0.25, -0.2) is 23.1 Å². The zero-order valence-corrected chi connectivity index (χ0v) is 20.5. The van der Waals surface area contributed by atoms with Crippen molar-refractivity contribution in [2.75, 3.05) is 32.0 Å². The molecule has 1 aromatic carbocycles. The summed E-state index contributed by atoms with van der Waals surface area (Å²) in [6.07, 6.45) is -1.52. The van der Waals surface area contributed by atoms with Gasteiger partial charge in [-0.1, -0.05) is 18.2 Å². The molecule has 4 aliphatic rings. The molecule has 0 bridgehead atoms. The van der Waals surface area contributed by atoms with Crippen LogP contribution in [0.25, 0.3) is 11.4 Å². The van der Waals surface area contributed by atoms with Crippen LogP contribution >= 0.6 is 0 Å². The minimum atomic E-state index is -2.91. The van der Waals surface area contributed by atoms with E-state index >= 15 is 0 Å². The Kier molecular flexibility index (Phi) is 6.20. The van der Waals surface area contributed by atoms with E-state index in [1.165, 1.54) is 12.1 Å². The normalized spacial score (nSPS) is 18.8. The van der Waals surface area contributed by atoms with Crippen molar-refractivity contribution in [3.8, 4) is 17.5 Å². The van der Waals surface area contributed by atoms with Crippen LogP contribution in [-0.2, 0) is 12.0 Å². The fraction of sp³-hybridized carbons (Fsp3) is 0.462. The van der Waals surface area contributed by atoms with Gasteiger partial charge in [0.1, 0.15) is 23.3 Å². The number of halogens is 3. The first kappa shape index (κ1) is 24.3. The predicted octanol–water partition coefficient (Wildman–Crippen LogP) is 4.34. The second-order valence-corrected chi connectivity index (χ2v) is 9.67. The van der Waals surface area contributed by atoms with Gasteiger partial charge < -0.3 is 14.8 Å². The largest absolute Gasteiger partial charge is 0.369 e. The van der Waals surface area contributed by atoms with Crippen molar-refractivity contribution in [3.05, 3.63) is 58.1 Å². The Hall–Kier alpha value is -3.45. The van der Waals surface area contributed by atoms with Gasteiger partial charge in [-0.2, -0.15) is 5.26 Å². The molecule has 1 fully saturated rings. The maximum Gasteiger partial charge on any atom is 0.266 e. The summed E-state index contributed by atoms with van der Waals surface area (Å²) in [5.74, 6) is 1.12. The number of likely N-dealkylation sites (tertiary alicyclic amines) is 1. The van der Waals surface area contributed by atoms with E-state index in [4.69, 9.17) is 4.99 Å². The van der Waals surface area contributed by atoms with Crippen LogP contribution in [0.3, 0.4) is 0 Å². The van der Waals surface area contributed by atoms with Gasteiger partial charge in [0.05, 0.1) is 28.7 Å². The number of hydrogen-bond donors (Lipinski definition) is 1. The molecule has 0 amide bonds. The number of nitrogens with zero attached hydrogens (tertiary/aromatic N) is 6. The molecule has 0 aromatic heterocycles. The van der Waals surface area contributed by atoms with Crippen molar-refractivity contribution in [2.45, 2.75) is 51.1 Å². The number of nitrogens with one attached hydrogen (secondary N) is 1. The molecule has 0 radical (unpaired) electrons. The number of pyridine rings is 1. The molecule has 5 rings (SSSR count). The summed E-state index contributed by atoms with van der Waals surface area (Å²) < 4.78 is 43.5. The lowest BCUT2D eigenvalue weighted by Crippen LogP contribution is -2.40. The van der Waals surface area contributed by atoms with Gasteiger partial charge in [0, 0.05) is 24.2 Å². The molecule has 0 spiro atoms. The van der Waals surface area contributed by atoms with Crippen molar-refractivity contribution < 1.29 is 13.2 Å². The summed E-state index contributed by atoms with van der Waals surface area (Å²) in [5, 5.41) is 13.8. The van der Waals surface area contributed by atoms with Crippen molar-refractivity contribution in [2.24, 2.45) is 4.99 Å². The average Bonchev–Trinajstić information content (AvgIpc) is 3.35. The third-order valence-electron chi connectivity index (χ3n) is 7.34. The average molecular weight is 496 g/mol. The lowest BCUT2D eigenvalue weighted by molar-refractivity contribution is 0.146. The first-order valence-electron chi connectivity index (χ1n) is 12.1. The fourth-order valence-electron chi connectivity index (χ4n) is 5.26. The van der Waals surface area contributed by atoms with Gasteiger partial charge >= 0.3 is 0 Å². The highest BCUT2D eigenvalue weighted by Gasteiger charge is 2.40. The molecule has 4 heterocycles. The SMILES string of the molecule is Cc1nc2n3c(c(C4(C#N)CCN(C)CC4)cc-2c(=NC(C)c2cccc(C(F)F)c2F)n1)NCC3. The molecule has 188 valence electrons. The van der Waals surface area contributed by atoms with Crippen LogP contribution in [0.1, 0.15) is 54.7 Å². The standard InChI is InChI=1S/C26H28F3N7/c1-15(17-5-4-6-18(21(17)27)22(28)29)32-23-19-13-20(26(14-30)7-10-35(3)11-8-26)25-31-9-12-36(25)24(19)34-16(2)33-23/h4-6,13,15,22,31H,7-12H2,1-3H3. The number of fused-ring (bicyclic) bond motifs is 3. The van der Waals surface area contributed by atoms with E-state index in [-0.39, 0.29) is 5.56 Å². The number of piperidine rings is 1. The van der Waals surface area contributed by atoms with E-state index in [9.17, 15) is 18.4 Å². The molecular formula is C26H28F3N7. The maximum atomic E-state index is 14.9. The van der Waals surface area contributed by atoms with E-state index in [2.05, 4.69) is 37.9 Å². The Balaban J connectivity index is 1.71. The fourth-order valence-corrected chi connectivity index (χ4v) is 5.26. The van der Waals surface area contributed by atoms with E-state index in [1.807, 2.05) is 6.07 Å². The maximum absolute atomic E-state index is 14.9. The highest BCUT2D eigenvalue weighted by Crippen LogP contribution is 2.42. The molecule has 0 aliphatic carbocycles. The summed E-state index contributed by atoms with van der Waals surface area (Å²) in [4.78, 5) is 16.1. The van der Waals surface area contributed by atoms with Crippen molar-refractivity contribution >= 4 is 5.82 Å². The molecule has 36 heavy (non-hydrogen) atoms. The van der Waals surface area contributed by atoms with Crippen LogP contribution in [0, 0.1) is 24.1 Å². The number of alkyl halides is 2. The second kappa shape index (κ2) is 9.21. The topological polar surface area (TPSA) is 82.1 Å². The first-order chi connectivity index (χ1) is 17.2. The Labute approximate surface area is 207 Å². The highest BCUT2D eigenvalue weighted by molar-refractivity contribution is 5.68. The number of benzene rings is 1. The second-order valence-electron chi connectivity index (χ2n) is 9.67. The molecule has 7 nitrogen and oxygen atoms in total. The first-order valence-corrected chi connectivity index (χ1v) is 12.1. The summed E-state index contributed by atoms with van der Waals surface area (Å²) in [6, 6.07) is 7.76. The van der Waals surface area contributed by atoms with Gasteiger partial charge in [-0.05, 0) is 52.9 Å². The lowest BCUT2D eigenvalue weighted by Gasteiger charge is -2.37. The van der Waals surface area contributed by atoms with Crippen LogP contribution in [0.15, 0.2) is 29.3 Å². The molecular weight excluding hydrogens is 467 g/mol. The van der Waals surface area contributed by atoms with Crippen LogP contribution in [-0.4, -0.2) is 46.1 Å². The van der Waals surface area contributed by atoms with E-state index < -0.39 is 29.3 Å². The molecule has 1 atom stereocenters. The van der Waals surface area contributed by atoms with E-state index in [0.29, 0.717) is 48.6 Å². The molecule has 1 saturated heterocycles. The molecule has 10 heteroatoms.